The van der Waals surface area contributed by atoms with Crippen molar-refractivity contribution in [3.8, 4) is 11.4 Å². The van der Waals surface area contributed by atoms with Gasteiger partial charge in [-0.3, -0.25) is 9.78 Å². The average Bonchev–Trinajstić information content (AvgIpc) is 3.20. The first-order chi connectivity index (χ1) is 13.6. The molecule has 0 saturated carbocycles. The summed E-state index contributed by atoms with van der Waals surface area (Å²) in [6.07, 6.45) is 5.07. The zero-order valence-corrected chi connectivity index (χ0v) is 16.6. The van der Waals surface area contributed by atoms with E-state index in [4.69, 9.17) is 4.52 Å². The standard InChI is InChI=1S/C22H26N4O2/c1-4-16-5-7-17(8-6-16)21(15(2)3)24-19(27)9-10-20-25-22(26-28-20)18-11-13-23-14-12-18/h5-8,11-15,21H,4,9-10H2,1-3H3,(H,24,27). The number of carbonyl (C=O) groups is 1. The lowest BCUT2D eigenvalue weighted by atomic mass is 9.94. The molecule has 0 aliphatic heterocycles. The largest absolute Gasteiger partial charge is 0.349 e. The van der Waals surface area contributed by atoms with Gasteiger partial charge in [0.1, 0.15) is 0 Å². The summed E-state index contributed by atoms with van der Waals surface area (Å²) in [5.74, 6) is 1.23. The number of carbonyl (C=O) groups excluding carboxylic acids is 1. The highest BCUT2D eigenvalue weighted by Crippen LogP contribution is 2.22. The third kappa shape index (κ3) is 5.03. The molecule has 0 spiro atoms. The van der Waals surface area contributed by atoms with Crippen LogP contribution in [0.25, 0.3) is 11.4 Å². The van der Waals surface area contributed by atoms with Gasteiger partial charge in [0.25, 0.3) is 0 Å². The monoisotopic (exact) mass is 378 g/mol. The zero-order chi connectivity index (χ0) is 19.9. The van der Waals surface area contributed by atoms with Gasteiger partial charge in [0.05, 0.1) is 6.04 Å². The Kier molecular flexibility index (Phi) is 6.53. The Morgan fingerprint density at radius 2 is 1.82 bits per heavy atom. The Morgan fingerprint density at radius 1 is 1.11 bits per heavy atom. The summed E-state index contributed by atoms with van der Waals surface area (Å²) in [6.45, 7) is 6.35. The summed E-state index contributed by atoms with van der Waals surface area (Å²) < 4.78 is 5.27. The van der Waals surface area contributed by atoms with E-state index >= 15 is 0 Å². The first-order valence-electron chi connectivity index (χ1n) is 9.68. The Hall–Kier alpha value is -3.02. The molecular formula is C22H26N4O2. The molecule has 3 aromatic rings. The molecule has 0 saturated heterocycles. The van der Waals surface area contributed by atoms with E-state index in [1.54, 1.807) is 12.4 Å². The van der Waals surface area contributed by atoms with E-state index in [-0.39, 0.29) is 17.9 Å². The number of pyridine rings is 1. The van der Waals surface area contributed by atoms with E-state index in [1.165, 1.54) is 5.56 Å². The van der Waals surface area contributed by atoms with E-state index in [9.17, 15) is 4.79 Å². The van der Waals surface area contributed by atoms with Gasteiger partial charge in [-0.2, -0.15) is 4.98 Å². The van der Waals surface area contributed by atoms with Crippen LogP contribution in [0, 0.1) is 5.92 Å². The molecule has 1 aromatic carbocycles. The summed E-state index contributed by atoms with van der Waals surface area (Å²) in [5.41, 5.74) is 3.25. The minimum Gasteiger partial charge on any atom is -0.349 e. The molecule has 0 bridgehead atoms. The fourth-order valence-corrected chi connectivity index (χ4v) is 3.04. The number of amides is 1. The van der Waals surface area contributed by atoms with E-state index in [1.807, 2.05) is 12.1 Å². The van der Waals surface area contributed by atoms with Gasteiger partial charge in [-0.15, -0.1) is 0 Å². The number of aryl methyl sites for hydroxylation is 2. The number of rotatable bonds is 8. The lowest BCUT2D eigenvalue weighted by Crippen LogP contribution is -2.31. The highest BCUT2D eigenvalue weighted by molar-refractivity contribution is 5.76. The van der Waals surface area contributed by atoms with Crippen molar-refractivity contribution in [3.63, 3.8) is 0 Å². The van der Waals surface area contributed by atoms with Gasteiger partial charge in [0.15, 0.2) is 0 Å². The SMILES string of the molecule is CCc1ccc(C(NC(=O)CCc2nc(-c3ccncc3)no2)C(C)C)cc1. The number of benzene rings is 1. The van der Waals surface area contributed by atoms with Gasteiger partial charge in [-0.05, 0) is 35.6 Å². The summed E-state index contributed by atoms with van der Waals surface area (Å²) in [5, 5.41) is 7.11. The molecule has 0 aliphatic rings. The van der Waals surface area contributed by atoms with Crippen LogP contribution in [0.5, 0.6) is 0 Å². The minimum absolute atomic E-state index is 0.0199. The molecule has 146 valence electrons. The van der Waals surface area contributed by atoms with E-state index in [0.29, 0.717) is 24.6 Å². The van der Waals surface area contributed by atoms with Crippen molar-refractivity contribution in [2.75, 3.05) is 0 Å². The molecule has 6 heteroatoms. The molecule has 1 N–H and O–H groups in total. The summed E-state index contributed by atoms with van der Waals surface area (Å²) in [7, 11) is 0. The maximum atomic E-state index is 12.5. The van der Waals surface area contributed by atoms with Crippen LogP contribution >= 0.6 is 0 Å². The number of hydrogen-bond acceptors (Lipinski definition) is 5. The predicted octanol–water partition coefficient (Wildman–Crippen LogP) is 4.14. The number of aromatic nitrogens is 3. The summed E-state index contributed by atoms with van der Waals surface area (Å²) >= 11 is 0. The molecule has 1 unspecified atom stereocenters. The van der Waals surface area contributed by atoms with Crippen LogP contribution in [0.2, 0.25) is 0 Å². The lowest BCUT2D eigenvalue weighted by molar-refractivity contribution is -0.122. The van der Waals surface area contributed by atoms with Gasteiger partial charge >= 0.3 is 0 Å². The van der Waals surface area contributed by atoms with E-state index in [2.05, 4.69) is 65.5 Å². The van der Waals surface area contributed by atoms with Gasteiger partial charge in [-0.25, -0.2) is 0 Å². The van der Waals surface area contributed by atoms with Gasteiger partial charge in [0, 0.05) is 30.8 Å². The molecule has 2 heterocycles. The Bertz CT molecular complexity index is 888. The van der Waals surface area contributed by atoms with Crippen molar-refractivity contribution < 1.29 is 9.32 Å². The van der Waals surface area contributed by atoms with Crippen LogP contribution in [0.15, 0.2) is 53.3 Å². The van der Waals surface area contributed by atoms with Crippen LogP contribution in [0.4, 0.5) is 0 Å². The molecule has 0 aliphatic carbocycles. The van der Waals surface area contributed by atoms with Crippen LogP contribution in [-0.4, -0.2) is 21.0 Å². The molecule has 6 nitrogen and oxygen atoms in total. The van der Waals surface area contributed by atoms with Crippen LogP contribution in [-0.2, 0) is 17.6 Å². The summed E-state index contributed by atoms with van der Waals surface area (Å²) in [4.78, 5) is 20.8. The molecule has 1 atom stereocenters. The predicted molar refractivity (Wildman–Crippen MR) is 107 cm³/mol. The maximum Gasteiger partial charge on any atom is 0.227 e. The van der Waals surface area contributed by atoms with Crippen LogP contribution in [0.1, 0.15) is 50.3 Å². The quantitative estimate of drug-likeness (QED) is 0.637. The lowest BCUT2D eigenvalue weighted by Gasteiger charge is -2.23. The van der Waals surface area contributed by atoms with E-state index < -0.39 is 0 Å². The van der Waals surface area contributed by atoms with Gasteiger partial charge < -0.3 is 9.84 Å². The average molecular weight is 378 g/mol. The Balaban J connectivity index is 1.58. The number of nitrogens with one attached hydrogen (secondary N) is 1. The second-order valence-electron chi connectivity index (χ2n) is 7.13. The third-order valence-corrected chi connectivity index (χ3v) is 4.70. The highest BCUT2D eigenvalue weighted by atomic mass is 16.5. The molecule has 1 amide bonds. The van der Waals surface area contributed by atoms with E-state index in [0.717, 1.165) is 17.5 Å². The molecule has 28 heavy (non-hydrogen) atoms. The second-order valence-corrected chi connectivity index (χ2v) is 7.13. The van der Waals surface area contributed by atoms with Gasteiger partial charge in [0.2, 0.25) is 17.6 Å². The first-order valence-corrected chi connectivity index (χ1v) is 9.68. The van der Waals surface area contributed by atoms with Crippen molar-refractivity contribution >= 4 is 5.91 Å². The Labute approximate surface area is 165 Å². The summed E-state index contributed by atoms with van der Waals surface area (Å²) in [6, 6.07) is 12.1. The van der Waals surface area contributed by atoms with Crippen molar-refractivity contribution in [1.29, 1.82) is 0 Å². The zero-order valence-electron chi connectivity index (χ0n) is 16.6. The molecule has 0 fully saturated rings. The smallest absolute Gasteiger partial charge is 0.227 e. The number of nitrogens with zero attached hydrogens (tertiary/aromatic N) is 3. The van der Waals surface area contributed by atoms with Crippen LogP contribution < -0.4 is 5.32 Å². The normalized spacial score (nSPS) is 12.1. The maximum absolute atomic E-state index is 12.5. The third-order valence-electron chi connectivity index (χ3n) is 4.70. The molecular weight excluding hydrogens is 352 g/mol. The minimum atomic E-state index is -0.0260. The fraction of sp³-hybridized carbons (Fsp3) is 0.364. The van der Waals surface area contributed by atoms with Gasteiger partial charge in [-0.1, -0.05) is 50.2 Å². The van der Waals surface area contributed by atoms with Crippen molar-refractivity contribution in [2.45, 2.75) is 46.1 Å². The van der Waals surface area contributed by atoms with Crippen molar-refractivity contribution in [2.24, 2.45) is 5.92 Å². The second kappa shape index (κ2) is 9.26. The molecule has 2 aromatic heterocycles. The Morgan fingerprint density at radius 3 is 2.46 bits per heavy atom. The first kappa shape index (κ1) is 19.7. The molecule has 0 radical (unpaired) electrons. The fourth-order valence-electron chi connectivity index (χ4n) is 3.04. The highest BCUT2D eigenvalue weighted by Gasteiger charge is 2.19. The number of hydrogen-bond donors (Lipinski definition) is 1. The van der Waals surface area contributed by atoms with Crippen LogP contribution in [0.3, 0.4) is 0 Å². The van der Waals surface area contributed by atoms with Crippen molar-refractivity contribution in [3.05, 3.63) is 65.8 Å². The molecule has 3 rings (SSSR count). The van der Waals surface area contributed by atoms with Crippen molar-refractivity contribution in [1.82, 2.24) is 20.4 Å². The topological polar surface area (TPSA) is 80.9 Å².